The van der Waals surface area contributed by atoms with Crippen LogP contribution in [0.25, 0.3) is 0 Å². The summed E-state index contributed by atoms with van der Waals surface area (Å²) >= 11 is 0. The van der Waals surface area contributed by atoms with Gasteiger partial charge in [-0.05, 0) is 40.8 Å². The monoisotopic (exact) mass is 676 g/mol. The van der Waals surface area contributed by atoms with Gasteiger partial charge in [0.05, 0.1) is 36.2 Å². The molecule has 0 radical (unpaired) electrons. The summed E-state index contributed by atoms with van der Waals surface area (Å²) < 4.78 is 76.0. The third-order valence-electron chi connectivity index (χ3n) is 8.09. The number of piperazine rings is 1. The fourth-order valence-corrected chi connectivity index (χ4v) is 7.01. The van der Waals surface area contributed by atoms with E-state index in [0.717, 1.165) is 58.5 Å². The lowest BCUT2D eigenvalue weighted by molar-refractivity contribution is -0.274. The van der Waals surface area contributed by atoms with Gasteiger partial charge in [-0.15, -0.1) is 13.2 Å². The zero-order chi connectivity index (χ0) is 33.8. The van der Waals surface area contributed by atoms with Crippen molar-refractivity contribution in [3.8, 4) is 5.75 Å². The Labute approximate surface area is 272 Å². The van der Waals surface area contributed by atoms with Crippen LogP contribution in [0.15, 0.2) is 65.8 Å². The van der Waals surface area contributed by atoms with Crippen LogP contribution in [-0.2, 0) is 38.1 Å². The molecule has 2 aliphatic heterocycles. The first-order valence-electron chi connectivity index (χ1n) is 15.3. The van der Waals surface area contributed by atoms with Crippen LogP contribution in [0.5, 0.6) is 5.75 Å². The molecule has 2 aliphatic rings. The van der Waals surface area contributed by atoms with Crippen LogP contribution in [0.1, 0.15) is 37.6 Å². The second kappa shape index (κ2) is 14.1. The largest absolute Gasteiger partial charge is 0.573 e. The Bertz CT molecular complexity index is 1610. The Kier molecular flexibility index (Phi) is 10.4. The van der Waals surface area contributed by atoms with Gasteiger partial charge in [0.25, 0.3) is 0 Å². The first-order chi connectivity index (χ1) is 22.2. The first-order valence-corrected chi connectivity index (χ1v) is 16.7. The van der Waals surface area contributed by atoms with E-state index in [-0.39, 0.29) is 36.5 Å². The number of hydrogen-bond donors (Lipinski definition) is 1. The molecule has 0 aliphatic carbocycles. The average Bonchev–Trinajstić information content (AvgIpc) is 3.03. The fraction of sp³-hybridized carbons (Fsp3) is 0.469. The lowest BCUT2D eigenvalue weighted by Crippen LogP contribution is -2.60. The topological polar surface area (TPSA) is 117 Å². The van der Waals surface area contributed by atoms with E-state index < -0.39 is 34.1 Å². The van der Waals surface area contributed by atoms with Gasteiger partial charge in [-0.3, -0.25) is 14.7 Å². The molecule has 3 aromatic rings. The second-order valence-corrected chi connectivity index (χ2v) is 14.4. The first kappa shape index (κ1) is 34.5. The molecule has 0 unspecified atom stereocenters. The quantitative estimate of drug-likeness (QED) is 0.362. The van der Waals surface area contributed by atoms with E-state index in [1.54, 1.807) is 17.3 Å². The summed E-state index contributed by atoms with van der Waals surface area (Å²) in [5.74, 6) is -0.576. The van der Waals surface area contributed by atoms with E-state index in [1.807, 2.05) is 24.3 Å². The van der Waals surface area contributed by atoms with E-state index in [1.165, 1.54) is 0 Å². The second-order valence-electron chi connectivity index (χ2n) is 12.5. The minimum absolute atomic E-state index is 0.0131. The van der Waals surface area contributed by atoms with E-state index in [4.69, 9.17) is 4.74 Å². The molecule has 11 nitrogen and oxygen atoms in total. The van der Waals surface area contributed by atoms with Gasteiger partial charge < -0.3 is 19.7 Å². The summed E-state index contributed by atoms with van der Waals surface area (Å²) in [7, 11) is -4.29. The van der Waals surface area contributed by atoms with Gasteiger partial charge in [-0.1, -0.05) is 45.0 Å². The number of anilines is 1. The minimum atomic E-state index is -4.92. The van der Waals surface area contributed by atoms with E-state index in [9.17, 15) is 26.4 Å². The van der Waals surface area contributed by atoms with Crippen molar-refractivity contribution in [1.29, 1.82) is 0 Å². The van der Waals surface area contributed by atoms with E-state index in [2.05, 4.69) is 45.7 Å². The molecular weight excluding hydrogens is 637 g/mol. The van der Waals surface area contributed by atoms with Crippen molar-refractivity contribution in [2.75, 3.05) is 50.8 Å². The van der Waals surface area contributed by atoms with Gasteiger partial charge in [0.2, 0.25) is 15.9 Å². The molecule has 15 heteroatoms. The summed E-state index contributed by atoms with van der Waals surface area (Å²) in [6.45, 7) is 10.2. The molecule has 5 rings (SSSR count). The molecule has 1 amide bonds. The molecule has 1 atom stereocenters. The lowest BCUT2D eigenvalue weighted by Gasteiger charge is -2.40. The number of morpholine rings is 1. The summed E-state index contributed by atoms with van der Waals surface area (Å²) in [5, 5.41) is 2.87. The van der Waals surface area contributed by atoms with Crippen molar-refractivity contribution in [1.82, 2.24) is 24.5 Å². The molecule has 2 saturated heterocycles. The molecule has 1 N–H and O–H groups in total. The third-order valence-corrected chi connectivity index (χ3v) is 10.0. The Morgan fingerprint density at radius 2 is 1.64 bits per heavy atom. The van der Waals surface area contributed by atoms with Crippen LogP contribution in [-0.4, -0.2) is 91.8 Å². The molecule has 3 heterocycles. The van der Waals surface area contributed by atoms with Crippen molar-refractivity contribution in [2.45, 2.75) is 56.6 Å². The summed E-state index contributed by atoms with van der Waals surface area (Å²) in [6.07, 6.45) is -1.63. The highest BCUT2D eigenvalue weighted by Crippen LogP contribution is 2.28. The highest BCUT2D eigenvalue weighted by atomic mass is 32.2. The van der Waals surface area contributed by atoms with Gasteiger partial charge in [0, 0.05) is 45.8 Å². The summed E-state index contributed by atoms with van der Waals surface area (Å²) in [6, 6.07) is 10.6. The Balaban J connectivity index is 1.34. The molecule has 2 aromatic carbocycles. The van der Waals surface area contributed by atoms with Crippen LogP contribution in [0, 0.1) is 0 Å². The number of carbonyl (C=O) groups excluding carboxylic acids is 1. The molecule has 2 fully saturated rings. The molecule has 0 saturated carbocycles. The fourth-order valence-electron chi connectivity index (χ4n) is 5.44. The summed E-state index contributed by atoms with van der Waals surface area (Å²) in [4.78, 5) is 26.6. The Morgan fingerprint density at radius 1 is 0.957 bits per heavy atom. The van der Waals surface area contributed by atoms with Gasteiger partial charge in [-0.2, -0.15) is 4.31 Å². The Hall–Kier alpha value is -3.79. The molecule has 1 aromatic heterocycles. The molecular formula is C32H39F3N6O5S. The predicted octanol–water partition coefficient (Wildman–Crippen LogP) is 3.70. The minimum Gasteiger partial charge on any atom is -0.406 e. The molecule has 254 valence electrons. The highest BCUT2D eigenvalue weighted by molar-refractivity contribution is 7.89. The van der Waals surface area contributed by atoms with Gasteiger partial charge in [0.15, 0.2) is 0 Å². The van der Waals surface area contributed by atoms with Crippen molar-refractivity contribution < 1.29 is 35.9 Å². The molecule has 0 spiro atoms. The maximum Gasteiger partial charge on any atom is 0.573 e. The zero-order valence-electron chi connectivity index (χ0n) is 26.5. The van der Waals surface area contributed by atoms with E-state index >= 15 is 0 Å². The number of nitrogens with one attached hydrogen (secondary N) is 1. The number of halogens is 3. The van der Waals surface area contributed by atoms with Gasteiger partial charge in [-0.25, -0.2) is 13.4 Å². The van der Waals surface area contributed by atoms with Gasteiger partial charge in [0.1, 0.15) is 17.6 Å². The predicted molar refractivity (Wildman–Crippen MR) is 168 cm³/mol. The number of ether oxygens (including phenoxy) is 2. The zero-order valence-corrected chi connectivity index (χ0v) is 27.4. The standard InChI is InChI=1S/C32H39F3N6O5S/c1-31(2,3)24-6-4-23(5-7-24)18-38-30(42)28-22-40(29-20-36-25(19-37-29)21-39-14-16-45-17-15-39)12-13-41(28)47(43,44)27-10-8-26(9-11-27)46-32(33,34)35/h4-11,19-20,28H,12-18,21-22H2,1-3H3,(H,38,42)/t28-/m1/s1. The maximum absolute atomic E-state index is 13.8. The third kappa shape index (κ3) is 8.97. The number of benzene rings is 2. The maximum atomic E-state index is 13.8. The highest BCUT2D eigenvalue weighted by Gasteiger charge is 2.41. The normalized spacial score (nSPS) is 18.6. The summed E-state index contributed by atoms with van der Waals surface area (Å²) in [5.41, 5.74) is 2.72. The number of aromatic nitrogens is 2. The SMILES string of the molecule is CC(C)(C)c1ccc(CNC(=O)[C@H]2CN(c3cnc(CN4CCOCC4)cn3)CCN2S(=O)(=O)c2ccc(OC(F)(F)F)cc2)cc1. The van der Waals surface area contributed by atoms with E-state index in [0.29, 0.717) is 25.6 Å². The van der Waals surface area contributed by atoms with Crippen molar-refractivity contribution in [3.05, 3.63) is 77.7 Å². The number of hydrogen-bond acceptors (Lipinski definition) is 9. The number of amides is 1. The van der Waals surface area contributed by atoms with Crippen LogP contribution in [0.3, 0.4) is 0 Å². The van der Waals surface area contributed by atoms with Crippen LogP contribution in [0.4, 0.5) is 19.0 Å². The van der Waals surface area contributed by atoms with Crippen LogP contribution in [0.2, 0.25) is 0 Å². The van der Waals surface area contributed by atoms with Crippen molar-refractivity contribution in [3.63, 3.8) is 0 Å². The van der Waals surface area contributed by atoms with Crippen LogP contribution < -0.4 is 15.0 Å². The number of sulfonamides is 1. The van der Waals surface area contributed by atoms with Crippen molar-refractivity contribution >= 4 is 21.7 Å². The van der Waals surface area contributed by atoms with Gasteiger partial charge >= 0.3 is 6.36 Å². The number of nitrogens with zero attached hydrogens (tertiary/aromatic N) is 5. The smallest absolute Gasteiger partial charge is 0.406 e. The van der Waals surface area contributed by atoms with Crippen molar-refractivity contribution in [2.24, 2.45) is 0 Å². The Morgan fingerprint density at radius 3 is 2.23 bits per heavy atom. The average molecular weight is 677 g/mol. The molecule has 0 bridgehead atoms. The van der Waals surface area contributed by atoms with Crippen LogP contribution >= 0.6 is 0 Å². The number of alkyl halides is 3. The lowest BCUT2D eigenvalue weighted by atomic mass is 9.87. The number of rotatable bonds is 9. The number of carbonyl (C=O) groups is 1. The molecule has 47 heavy (non-hydrogen) atoms.